The summed E-state index contributed by atoms with van der Waals surface area (Å²) in [6, 6.07) is 9.00. The summed E-state index contributed by atoms with van der Waals surface area (Å²) in [7, 11) is -3.87. The Balaban J connectivity index is 2.41. The molecule has 0 bridgehead atoms. The molecule has 0 atom stereocenters. The second-order valence-corrected chi connectivity index (χ2v) is 5.81. The third-order valence-corrected chi connectivity index (χ3v) is 3.91. The predicted octanol–water partition coefficient (Wildman–Crippen LogP) is 1.89. The van der Waals surface area contributed by atoms with Crippen molar-refractivity contribution in [3.8, 4) is 0 Å². The van der Waals surface area contributed by atoms with Crippen molar-refractivity contribution < 1.29 is 18.3 Å². The molecule has 0 aliphatic rings. The van der Waals surface area contributed by atoms with Crippen LogP contribution >= 0.6 is 0 Å². The topological polar surface area (TPSA) is 96.4 Å². The van der Waals surface area contributed by atoms with Crippen LogP contribution in [0.3, 0.4) is 0 Å². The number of sulfonamides is 1. The highest BCUT2D eigenvalue weighted by Crippen LogP contribution is 2.18. The Morgan fingerprint density at radius 2 is 2.00 bits per heavy atom. The molecule has 0 saturated carbocycles. The van der Waals surface area contributed by atoms with E-state index in [1.165, 1.54) is 30.5 Å². The number of aromatic nitrogens is 1. The molecule has 7 heteroatoms. The Kier molecular flexibility index (Phi) is 3.71. The summed E-state index contributed by atoms with van der Waals surface area (Å²) in [6.07, 6.45) is 1.32. The van der Waals surface area contributed by atoms with Crippen LogP contribution in [-0.4, -0.2) is 24.5 Å². The van der Waals surface area contributed by atoms with Crippen LogP contribution < -0.4 is 4.72 Å². The molecule has 2 rings (SSSR count). The lowest BCUT2D eigenvalue weighted by Gasteiger charge is -2.09. The van der Waals surface area contributed by atoms with Crippen molar-refractivity contribution in [2.24, 2.45) is 0 Å². The minimum absolute atomic E-state index is 0.0551. The average Bonchev–Trinajstić information content (AvgIpc) is 2.38. The maximum Gasteiger partial charge on any atom is 0.339 e. The van der Waals surface area contributed by atoms with Gasteiger partial charge >= 0.3 is 5.97 Å². The fraction of sp³-hybridized carbons (Fsp3) is 0.0769. The Hall–Kier alpha value is -2.41. The number of hydrogen-bond acceptors (Lipinski definition) is 4. The molecule has 0 aliphatic carbocycles. The number of hydrogen-bond donors (Lipinski definition) is 2. The van der Waals surface area contributed by atoms with Gasteiger partial charge in [-0.2, -0.15) is 0 Å². The van der Waals surface area contributed by atoms with Gasteiger partial charge in [0.25, 0.3) is 10.0 Å². The Morgan fingerprint density at radius 3 is 2.65 bits per heavy atom. The fourth-order valence-corrected chi connectivity index (χ4v) is 2.76. The summed E-state index contributed by atoms with van der Waals surface area (Å²) in [5, 5.41) is 9.00. The van der Waals surface area contributed by atoms with E-state index >= 15 is 0 Å². The minimum Gasteiger partial charge on any atom is -0.478 e. The van der Waals surface area contributed by atoms with Gasteiger partial charge in [-0.05, 0) is 36.8 Å². The molecule has 0 saturated heterocycles. The van der Waals surface area contributed by atoms with Crippen molar-refractivity contribution in [3.05, 3.63) is 53.7 Å². The number of aromatic carboxylic acids is 1. The van der Waals surface area contributed by atoms with Crippen LogP contribution in [0.4, 0.5) is 5.82 Å². The van der Waals surface area contributed by atoms with Crippen LogP contribution in [0.2, 0.25) is 0 Å². The summed E-state index contributed by atoms with van der Waals surface area (Å²) >= 11 is 0. The van der Waals surface area contributed by atoms with E-state index in [4.69, 9.17) is 5.11 Å². The van der Waals surface area contributed by atoms with E-state index in [0.29, 0.717) is 0 Å². The molecular weight excluding hydrogens is 280 g/mol. The summed E-state index contributed by atoms with van der Waals surface area (Å²) in [5.41, 5.74) is 0.580. The number of rotatable bonds is 4. The van der Waals surface area contributed by atoms with E-state index in [1.807, 2.05) is 0 Å². The van der Waals surface area contributed by atoms with E-state index < -0.39 is 16.0 Å². The van der Waals surface area contributed by atoms with Crippen LogP contribution in [0.1, 0.15) is 15.9 Å². The normalized spacial score (nSPS) is 11.1. The molecule has 1 aromatic carbocycles. The van der Waals surface area contributed by atoms with Crippen molar-refractivity contribution in [2.45, 2.75) is 11.8 Å². The third kappa shape index (κ3) is 2.94. The van der Waals surface area contributed by atoms with Crippen molar-refractivity contribution in [1.29, 1.82) is 0 Å². The van der Waals surface area contributed by atoms with E-state index in [-0.39, 0.29) is 16.3 Å². The molecule has 0 fully saturated rings. The first-order valence-corrected chi connectivity index (χ1v) is 7.16. The number of carbonyl (C=O) groups is 1. The van der Waals surface area contributed by atoms with Gasteiger partial charge in [-0.3, -0.25) is 4.72 Å². The molecule has 0 spiro atoms. The van der Waals surface area contributed by atoms with E-state index in [9.17, 15) is 13.2 Å². The third-order valence-electron chi connectivity index (χ3n) is 2.57. The summed E-state index contributed by atoms with van der Waals surface area (Å²) in [6.45, 7) is 1.77. The van der Waals surface area contributed by atoms with Gasteiger partial charge in [0.1, 0.15) is 5.56 Å². The molecule has 1 heterocycles. The molecule has 0 unspecified atom stereocenters. The lowest BCUT2D eigenvalue weighted by atomic mass is 10.2. The number of nitrogens with zero attached hydrogens (tertiary/aromatic N) is 1. The maximum absolute atomic E-state index is 12.2. The second kappa shape index (κ2) is 5.30. The van der Waals surface area contributed by atoms with Gasteiger partial charge in [0.2, 0.25) is 0 Å². The van der Waals surface area contributed by atoms with Crippen LogP contribution in [0.5, 0.6) is 0 Å². The van der Waals surface area contributed by atoms with E-state index in [0.717, 1.165) is 5.56 Å². The van der Waals surface area contributed by atoms with Gasteiger partial charge in [-0.25, -0.2) is 18.2 Å². The van der Waals surface area contributed by atoms with E-state index in [2.05, 4.69) is 9.71 Å². The molecule has 0 aliphatic heterocycles. The molecule has 1 aromatic heterocycles. The van der Waals surface area contributed by atoms with E-state index in [1.54, 1.807) is 19.1 Å². The monoisotopic (exact) mass is 292 g/mol. The lowest BCUT2D eigenvalue weighted by molar-refractivity contribution is 0.0697. The van der Waals surface area contributed by atoms with Crippen LogP contribution in [0, 0.1) is 6.92 Å². The van der Waals surface area contributed by atoms with Gasteiger partial charge in [0.05, 0.1) is 4.90 Å². The molecule has 6 nitrogen and oxygen atoms in total. The minimum atomic E-state index is -3.87. The number of pyridine rings is 1. The number of aryl methyl sites for hydroxylation is 1. The molecule has 20 heavy (non-hydrogen) atoms. The number of carboxylic acid groups (broad SMARTS) is 1. The number of carboxylic acids is 1. The SMILES string of the molecule is Cc1cccc(S(=O)(=O)Nc2ncccc2C(=O)O)c1. The van der Waals surface area contributed by atoms with Crippen molar-refractivity contribution in [1.82, 2.24) is 4.98 Å². The molecule has 104 valence electrons. The maximum atomic E-state index is 12.2. The molecule has 2 N–H and O–H groups in total. The number of anilines is 1. The molecule has 0 radical (unpaired) electrons. The Labute approximate surface area is 116 Å². The standard InChI is InChI=1S/C13H12N2O4S/c1-9-4-2-5-10(8-9)20(18,19)15-12-11(13(16)17)6-3-7-14-12/h2-8H,1H3,(H,14,15)(H,16,17). The lowest BCUT2D eigenvalue weighted by Crippen LogP contribution is -2.16. The van der Waals surface area contributed by atoms with Crippen molar-refractivity contribution in [2.75, 3.05) is 4.72 Å². The highest BCUT2D eigenvalue weighted by atomic mass is 32.2. The van der Waals surface area contributed by atoms with Gasteiger partial charge < -0.3 is 5.11 Å². The van der Waals surface area contributed by atoms with Gasteiger partial charge in [0, 0.05) is 6.20 Å². The van der Waals surface area contributed by atoms with Crippen molar-refractivity contribution >= 4 is 21.8 Å². The van der Waals surface area contributed by atoms with Gasteiger partial charge in [-0.15, -0.1) is 0 Å². The summed E-state index contributed by atoms with van der Waals surface area (Å²) in [4.78, 5) is 14.8. The first-order valence-electron chi connectivity index (χ1n) is 5.68. The zero-order valence-corrected chi connectivity index (χ0v) is 11.4. The molecular formula is C13H12N2O4S. The highest BCUT2D eigenvalue weighted by molar-refractivity contribution is 7.92. The number of benzene rings is 1. The first-order chi connectivity index (χ1) is 9.40. The molecule has 0 amide bonds. The van der Waals surface area contributed by atoms with Crippen LogP contribution in [0.25, 0.3) is 0 Å². The van der Waals surface area contributed by atoms with Crippen LogP contribution in [0.15, 0.2) is 47.5 Å². The smallest absolute Gasteiger partial charge is 0.339 e. The predicted molar refractivity (Wildman–Crippen MR) is 73.2 cm³/mol. The van der Waals surface area contributed by atoms with Crippen LogP contribution in [-0.2, 0) is 10.0 Å². The average molecular weight is 292 g/mol. The second-order valence-electron chi connectivity index (χ2n) is 4.13. The quantitative estimate of drug-likeness (QED) is 0.897. The summed E-state index contributed by atoms with van der Waals surface area (Å²) in [5.74, 6) is -1.46. The Bertz CT molecular complexity index is 756. The Morgan fingerprint density at radius 1 is 1.25 bits per heavy atom. The molecule has 2 aromatic rings. The highest BCUT2D eigenvalue weighted by Gasteiger charge is 2.19. The number of nitrogens with one attached hydrogen (secondary N) is 1. The largest absolute Gasteiger partial charge is 0.478 e. The fourth-order valence-electron chi connectivity index (χ4n) is 1.63. The van der Waals surface area contributed by atoms with Crippen molar-refractivity contribution in [3.63, 3.8) is 0 Å². The summed E-state index contributed by atoms with van der Waals surface area (Å²) < 4.78 is 26.6. The zero-order chi connectivity index (χ0) is 14.8. The first kappa shape index (κ1) is 14.0. The van der Waals surface area contributed by atoms with Gasteiger partial charge in [-0.1, -0.05) is 12.1 Å². The zero-order valence-electron chi connectivity index (χ0n) is 10.6. The van der Waals surface area contributed by atoms with Gasteiger partial charge in [0.15, 0.2) is 5.82 Å².